The topological polar surface area (TPSA) is 140 Å². The van der Waals surface area contributed by atoms with E-state index in [9.17, 15) is 14.9 Å². The number of nitrogens with zero attached hydrogens (tertiary/aromatic N) is 4. The summed E-state index contributed by atoms with van der Waals surface area (Å²) in [6.07, 6.45) is 1.56. The minimum atomic E-state index is -1.17. The summed E-state index contributed by atoms with van der Waals surface area (Å²) in [5.41, 5.74) is 0.469. The molecule has 2 heterocycles. The number of benzene rings is 1. The minimum Gasteiger partial charge on any atom is -0.490 e. The molecular weight excluding hydrogens is 442 g/mol. The number of aromatic carboxylic acids is 1. The maximum atomic E-state index is 11.5. The number of nitro groups is 1. The highest BCUT2D eigenvalue weighted by Gasteiger charge is 2.25. The van der Waals surface area contributed by atoms with E-state index in [1.165, 1.54) is 19.2 Å². The van der Waals surface area contributed by atoms with Crippen LogP contribution in [0, 0.1) is 10.1 Å². The molecule has 32 heavy (non-hydrogen) atoms. The van der Waals surface area contributed by atoms with Gasteiger partial charge >= 0.3 is 11.7 Å². The molecule has 0 amide bonds. The Morgan fingerprint density at radius 2 is 2.06 bits per heavy atom. The lowest BCUT2D eigenvalue weighted by molar-refractivity contribution is -0.385. The predicted octanol–water partition coefficient (Wildman–Crippen LogP) is 3.22. The molecule has 3 rings (SSSR count). The second-order valence-corrected chi connectivity index (χ2v) is 7.58. The van der Waals surface area contributed by atoms with Crippen molar-refractivity contribution in [3.63, 3.8) is 0 Å². The number of anilines is 1. The van der Waals surface area contributed by atoms with Gasteiger partial charge in [-0.05, 0) is 43.0 Å². The molecule has 1 fully saturated rings. The fourth-order valence-electron chi connectivity index (χ4n) is 3.64. The number of nitrogens with one attached hydrogen (secondary N) is 1. The number of carboxylic acid groups (broad SMARTS) is 1. The molecule has 172 valence electrons. The molecule has 1 aliphatic rings. The number of nitro benzene ring substituents is 1. The molecule has 2 aromatic rings. The number of hydrogen-bond acceptors (Lipinski definition) is 9. The number of ether oxygens (including phenoxy) is 2. The van der Waals surface area contributed by atoms with Crippen LogP contribution in [0.15, 0.2) is 18.2 Å². The van der Waals surface area contributed by atoms with Crippen LogP contribution in [-0.2, 0) is 6.54 Å². The fraction of sp³-hybridized carbons (Fsp3) is 0.450. The zero-order chi connectivity index (χ0) is 23.3. The van der Waals surface area contributed by atoms with Gasteiger partial charge in [-0.2, -0.15) is 0 Å². The first-order chi connectivity index (χ1) is 15.3. The van der Waals surface area contributed by atoms with Crippen molar-refractivity contribution in [3.05, 3.63) is 44.9 Å². The Balaban J connectivity index is 1.65. The van der Waals surface area contributed by atoms with Crippen molar-refractivity contribution in [3.8, 4) is 11.5 Å². The fourth-order valence-corrected chi connectivity index (χ4v) is 3.82. The van der Waals surface area contributed by atoms with Gasteiger partial charge in [-0.15, -0.1) is 0 Å². The van der Waals surface area contributed by atoms with E-state index in [2.05, 4.69) is 20.2 Å². The van der Waals surface area contributed by atoms with Crippen LogP contribution in [0.1, 0.15) is 35.8 Å². The number of piperidine rings is 1. The Bertz CT molecular complexity index is 997. The van der Waals surface area contributed by atoms with E-state index in [0.717, 1.165) is 31.5 Å². The lowest BCUT2D eigenvalue weighted by atomic mass is 10.0. The zero-order valence-corrected chi connectivity index (χ0v) is 18.5. The van der Waals surface area contributed by atoms with E-state index in [1.54, 1.807) is 13.0 Å². The SMILES string of the molecule is CCOc1cc(CN2CCC(Nc3cc(C(=O)O)nc(Cl)n3)CC2)cc([N+](=O)[O-])c1OC. The standard InChI is InChI=1S/C20H24ClN5O6/c1-3-32-16-9-12(8-15(26(29)30)18(16)31-2)11-25-6-4-13(5-7-25)22-17-10-14(19(27)28)23-20(21)24-17/h8-10,13H,3-7,11H2,1-2H3,(H,27,28)(H,22,23,24). The molecule has 1 saturated heterocycles. The number of carbonyl (C=O) groups is 1. The molecule has 1 aliphatic heterocycles. The molecule has 1 aromatic carbocycles. The maximum Gasteiger partial charge on any atom is 0.354 e. The Kier molecular flexibility index (Phi) is 7.65. The number of hydrogen-bond donors (Lipinski definition) is 2. The Labute approximate surface area is 189 Å². The lowest BCUT2D eigenvalue weighted by Crippen LogP contribution is -2.38. The summed E-state index contributed by atoms with van der Waals surface area (Å²) < 4.78 is 10.7. The Morgan fingerprint density at radius 3 is 2.66 bits per heavy atom. The summed E-state index contributed by atoms with van der Waals surface area (Å²) in [6.45, 7) is 4.18. The van der Waals surface area contributed by atoms with Crippen LogP contribution >= 0.6 is 11.6 Å². The van der Waals surface area contributed by atoms with Crippen LogP contribution < -0.4 is 14.8 Å². The highest BCUT2D eigenvalue weighted by molar-refractivity contribution is 6.28. The summed E-state index contributed by atoms with van der Waals surface area (Å²) in [7, 11) is 1.38. The maximum absolute atomic E-state index is 11.5. The van der Waals surface area contributed by atoms with E-state index in [-0.39, 0.29) is 28.5 Å². The van der Waals surface area contributed by atoms with Crippen molar-refractivity contribution in [2.75, 3.05) is 32.1 Å². The Hall–Kier alpha value is -3.18. The second kappa shape index (κ2) is 10.4. The van der Waals surface area contributed by atoms with Gasteiger partial charge in [-0.1, -0.05) is 0 Å². The molecule has 0 spiro atoms. The van der Waals surface area contributed by atoms with Crippen LogP contribution in [0.4, 0.5) is 11.5 Å². The van der Waals surface area contributed by atoms with Gasteiger partial charge in [-0.25, -0.2) is 14.8 Å². The molecular formula is C20H24ClN5O6. The number of rotatable bonds is 9. The van der Waals surface area contributed by atoms with E-state index >= 15 is 0 Å². The van der Waals surface area contributed by atoms with Gasteiger partial charge < -0.3 is 19.9 Å². The first kappa shape index (κ1) is 23.5. The molecule has 0 radical (unpaired) electrons. The highest BCUT2D eigenvalue weighted by atomic mass is 35.5. The van der Waals surface area contributed by atoms with Crippen molar-refractivity contribution in [2.24, 2.45) is 0 Å². The number of methoxy groups -OCH3 is 1. The average Bonchev–Trinajstić information content (AvgIpc) is 2.74. The summed E-state index contributed by atoms with van der Waals surface area (Å²) in [6, 6.07) is 4.73. The number of carboxylic acids is 1. The number of halogens is 1. The van der Waals surface area contributed by atoms with Gasteiger partial charge in [-0.3, -0.25) is 15.0 Å². The van der Waals surface area contributed by atoms with Gasteiger partial charge in [0.1, 0.15) is 5.82 Å². The lowest BCUT2D eigenvalue weighted by Gasteiger charge is -2.32. The highest BCUT2D eigenvalue weighted by Crippen LogP contribution is 2.38. The van der Waals surface area contributed by atoms with Crippen LogP contribution in [0.25, 0.3) is 0 Å². The minimum absolute atomic E-state index is 0.0862. The van der Waals surface area contributed by atoms with Crippen LogP contribution in [0.3, 0.4) is 0 Å². The van der Waals surface area contributed by atoms with E-state index in [0.29, 0.717) is 24.7 Å². The first-order valence-electron chi connectivity index (χ1n) is 10.1. The smallest absolute Gasteiger partial charge is 0.354 e. The quantitative estimate of drug-likeness (QED) is 0.322. The molecule has 0 unspecified atom stereocenters. The van der Waals surface area contributed by atoms with E-state index < -0.39 is 10.9 Å². The van der Waals surface area contributed by atoms with Gasteiger partial charge in [0, 0.05) is 37.8 Å². The summed E-state index contributed by atoms with van der Waals surface area (Å²) in [5, 5.41) is 23.7. The summed E-state index contributed by atoms with van der Waals surface area (Å²) >= 11 is 5.82. The number of aromatic nitrogens is 2. The van der Waals surface area contributed by atoms with Crippen LogP contribution in [-0.4, -0.2) is 63.7 Å². The summed E-state index contributed by atoms with van der Waals surface area (Å²) in [4.78, 5) is 32.1. The first-order valence-corrected chi connectivity index (χ1v) is 10.4. The molecule has 0 bridgehead atoms. The van der Waals surface area contributed by atoms with Crippen molar-refractivity contribution in [1.82, 2.24) is 14.9 Å². The van der Waals surface area contributed by atoms with Crippen molar-refractivity contribution in [1.29, 1.82) is 0 Å². The van der Waals surface area contributed by atoms with Crippen molar-refractivity contribution >= 4 is 29.1 Å². The summed E-state index contributed by atoms with van der Waals surface area (Å²) in [5.74, 6) is -0.335. The predicted molar refractivity (Wildman–Crippen MR) is 117 cm³/mol. The monoisotopic (exact) mass is 465 g/mol. The molecule has 0 saturated carbocycles. The van der Waals surface area contributed by atoms with Gasteiger partial charge in [0.2, 0.25) is 11.0 Å². The van der Waals surface area contributed by atoms with Crippen LogP contribution in [0.2, 0.25) is 5.28 Å². The molecule has 11 nitrogen and oxygen atoms in total. The van der Waals surface area contributed by atoms with Crippen molar-refractivity contribution in [2.45, 2.75) is 32.4 Å². The van der Waals surface area contributed by atoms with Gasteiger partial charge in [0.05, 0.1) is 18.6 Å². The third-order valence-corrected chi connectivity index (χ3v) is 5.23. The van der Waals surface area contributed by atoms with E-state index in [4.69, 9.17) is 26.2 Å². The molecule has 0 atom stereocenters. The van der Waals surface area contributed by atoms with E-state index in [1.807, 2.05) is 0 Å². The molecule has 2 N–H and O–H groups in total. The number of likely N-dealkylation sites (tertiary alicyclic amines) is 1. The Morgan fingerprint density at radius 1 is 1.34 bits per heavy atom. The van der Waals surface area contributed by atoms with Gasteiger partial charge in [0.25, 0.3) is 0 Å². The average molecular weight is 466 g/mol. The normalized spacial score (nSPS) is 14.7. The van der Waals surface area contributed by atoms with Crippen molar-refractivity contribution < 1.29 is 24.3 Å². The molecule has 12 heteroatoms. The zero-order valence-electron chi connectivity index (χ0n) is 17.7. The van der Waals surface area contributed by atoms with Gasteiger partial charge in [0.15, 0.2) is 11.4 Å². The molecule has 0 aliphatic carbocycles. The van der Waals surface area contributed by atoms with Crippen LogP contribution in [0.5, 0.6) is 11.5 Å². The third kappa shape index (κ3) is 5.74. The largest absolute Gasteiger partial charge is 0.490 e. The third-order valence-electron chi connectivity index (χ3n) is 5.06. The second-order valence-electron chi connectivity index (χ2n) is 7.24. The molecule has 1 aromatic heterocycles.